The van der Waals surface area contributed by atoms with Crippen molar-refractivity contribution in [3.05, 3.63) is 70.7 Å². The van der Waals surface area contributed by atoms with Gasteiger partial charge in [0, 0.05) is 10.6 Å². The Hall–Kier alpha value is -1.39. The lowest BCUT2D eigenvalue weighted by Gasteiger charge is -2.32. The van der Waals surface area contributed by atoms with E-state index in [9.17, 15) is 10.2 Å². The third-order valence-corrected chi connectivity index (χ3v) is 3.46. The first-order valence-corrected chi connectivity index (χ1v) is 6.75. The molecule has 106 valence electrons. The molecule has 3 nitrogen and oxygen atoms in total. The fourth-order valence-corrected chi connectivity index (χ4v) is 2.21. The highest BCUT2D eigenvalue weighted by Crippen LogP contribution is 2.33. The lowest BCUT2D eigenvalue weighted by Crippen LogP contribution is -2.40. The van der Waals surface area contributed by atoms with Crippen LogP contribution in [-0.4, -0.2) is 16.3 Å². The van der Waals surface area contributed by atoms with E-state index in [1.807, 2.05) is 30.3 Å². The van der Waals surface area contributed by atoms with Crippen LogP contribution in [0.25, 0.3) is 0 Å². The van der Waals surface area contributed by atoms with Crippen LogP contribution in [0.3, 0.4) is 0 Å². The zero-order valence-corrected chi connectivity index (χ0v) is 11.9. The molecule has 0 radical (unpaired) electrons. The van der Waals surface area contributed by atoms with Crippen LogP contribution in [0.4, 0.5) is 0 Å². The van der Waals surface area contributed by atoms with E-state index in [0.717, 1.165) is 5.56 Å². The topological polar surface area (TPSA) is 49.7 Å². The summed E-state index contributed by atoms with van der Waals surface area (Å²) in [6.45, 7) is 1.64. The molecule has 0 saturated carbocycles. The van der Waals surface area contributed by atoms with E-state index >= 15 is 0 Å². The number of rotatable bonds is 5. The predicted octanol–water partition coefficient (Wildman–Crippen LogP) is 3.08. The molecule has 20 heavy (non-hydrogen) atoms. The first-order chi connectivity index (χ1) is 9.54. The van der Waals surface area contributed by atoms with Crippen molar-refractivity contribution in [1.82, 2.24) is 0 Å². The standard InChI is InChI=1S/C16H17ClO3/c1-12(18)16(19,14-9-5-6-10-15(14)17)20-11-13-7-3-2-4-8-13/h2-10,12,18-19H,11H2,1H3. The van der Waals surface area contributed by atoms with Crippen molar-refractivity contribution in [2.75, 3.05) is 0 Å². The molecule has 2 aromatic rings. The van der Waals surface area contributed by atoms with Gasteiger partial charge in [0.15, 0.2) is 0 Å². The van der Waals surface area contributed by atoms with Crippen LogP contribution in [0.2, 0.25) is 5.02 Å². The quantitative estimate of drug-likeness (QED) is 0.833. The second-order valence-electron chi connectivity index (χ2n) is 4.63. The van der Waals surface area contributed by atoms with Gasteiger partial charge < -0.3 is 14.9 Å². The Kier molecular flexibility index (Phi) is 4.78. The summed E-state index contributed by atoms with van der Waals surface area (Å²) in [5.74, 6) is -1.84. The van der Waals surface area contributed by atoms with E-state index in [1.165, 1.54) is 6.92 Å². The molecular formula is C16H17ClO3. The summed E-state index contributed by atoms with van der Waals surface area (Å²) in [6, 6.07) is 16.2. The Balaban J connectivity index is 2.24. The molecule has 0 aliphatic heterocycles. The van der Waals surface area contributed by atoms with Crippen molar-refractivity contribution in [2.24, 2.45) is 0 Å². The summed E-state index contributed by atoms with van der Waals surface area (Å²) in [5, 5.41) is 20.9. The molecular weight excluding hydrogens is 276 g/mol. The summed E-state index contributed by atoms with van der Waals surface area (Å²) >= 11 is 6.08. The van der Waals surface area contributed by atoms with E-state index in [1.54, 1.807) is 24.3 Å². The number of aliphatic hydroxyl groups is 2. The van der Waals surface area contributed by atoms with E-state index in [4.69, 9.17) is 16.3 Å². The average molecular weight is 293 g/mol. The molecule has 2 atom stereocenters. The molecule has 0 bridgehead atoms. The number of hydrogen-bond acceptors (Lipinski definition) is 3. The molecule has 0 aromatic heterocycles. The Morgan fingerprint density at radius 1 is 1.10 bits per heavy atom. The second-order valence-corrected chi connectivity index (χ2v) is 5.03. The molecule has 4 heteroatoms. The predicted molar refractivity (Wildman–Crippen MR) is 78.3 cm³/mol. The van der Waals surface area contributed by atoms with Gasteiger partial charge in [0.2, 0.25) is 5.79 Å². The first kappa shape index (κ1) is 15.0. The highest BCUT2D eigenvalue weighted by Gasteiger charge is 2.37. The smallest absolute Gasteiger partial charge is 0.220 e. The van der Waals surface area contributed by atoms with E-state index in [2.05, 4.69) is 0 Å². The van der Waals surface area contributed by atoms with Crippen molar-refractivity contribution in [3.63, 3.8) is 0 Å². The van der Waals surface area contributed by atoms with E-state index < -0.39 is 11.9 Å². The third kappa shape index (κ3) is 3.19. The fourth-order valence-electron chi connectivity index (χ4n) is 1.94. The number of halogens is 1. The minimum atomic E-state index is -1.84. The Morgan fingerprint density at radius 3 is 2.30 bits per heavy atom. The summed E-state index contributed by atoms with van der Waals surface area (Å²) in [6.07, 6.45) is -1.12. The Morgan fingerprint density at radius 2 is 1.70 bits per heavy atom. The van der Waals surface area contributed by atoms with E-state index in [-0.39, 0.29) is 6.61 Å². The van der Waals surface area contributed by atoms with Crippen LogP contribution in [0, 0.1) is 0 Å². The van der Waals surface area contributed by atoms with Gasteiger partial charge in [-0.2, -0.15) is 0 Å². The summed E-state index contributed by atoms with van der Waals surface area (Å²) in [7, 11) is 0. The van der Waals surface area contributed by atoms with Crippen molar-refractivity contribution < 1.29 is 14.9 Å². The van der Waals surface area contributed by atoms with Gasteiger partial charge in [-0.1, -0.05) is 60.1 Å². The van der Waals surface area contributed by atoms with Gasteiger partial charge in [-0.25, -0.2) is 0 Å². The minimum Gasteiger partial charge on any atom is -0.387 e. The molecule has 0 heterocycles. The number of ether oxygens (including phenoxy) is 1. The average Bonchev–Trinajstić information content (AvgIpc) is 2.46. The summed E-state index contributed by atoms with van der Waals surface area (Å²) in [4.78, 5) is 0. The van der Waals surface area contributed by atoms with Crippen LogP contribution >= 0.6 is 11.6 Å². The SMILES string of the molecule is CC(O)C(O)(OCc1ccccc1)c1ccccc1Cl. The van der Waals surface area contributed by atoms with Crippen LogP contribution in [0.1, 0.15) is 18.1 Å². The molecule has 2 N–H and O–H groups in total. The van der Waals surface area contributed by atoms with Crippen LogP contribution in [-0.2, 0) is 17.1 Å². The van der Waals surface area contributed by atoms with Gasteiger partial charge in [0.05, 0.1) is 6.61 Å². The lowest BCUT2D eigenvalue weighted by atomic mass is 10.0. The molecule has 0 fully saturated rings. The van der Waals surface area contributed by atoms with Gasteiger partial charge in [-0.3, -0.25) is 0 Å². The van der Waals surface area contributed by atoms with Crippen molar-refractivity contribution in [2.45, 2.75) is 25.4 Å². The molecule has 0 spiro atoms. The van der Waals surface area contributed by atoms with Gasteiger partial charge in [0.1, 0.15) is 6.10 Å². The van der Waals surface area contributed by atoms with Gasteiger partial charge in [-0.15, -0.1) is 0 Å². The van der Waals surface area contributed by atoms with Crippen molar-refractivity contribution in [1.29, 1.82) is 0 Å². The van der Waals surface area contributed by atoms with Gasteiger partial charge >= 0.3 is 0 Å². The highest BCUT2D eigenvalue weighted by atomic mass is 35.5. The molecule has 2 rings (SSSR count). The Bertz CT molecular complexity index is 557. The third-order valence-electron chi connectivity index (χ3n) is 3.13. The number of aliphatic hydroxyl groups excluding tert-OH is 1. The molecule has 2 aromatic carbocycles. The zero-order valence-electron chi connectivity index (χ0n) is 11.2. The maximum absolute atomic E-state index is 10.6. The summed E-state index contributed by atoms with van der Waals surface area (Å²) < 4.78 is 5.57. The van der Waals surface area contributed by atoms with E-state index in [0.29, 0.717) is 10.6 Å². The normalized spacial score (nSPS) is 15.6. The second kappa shape index (κ2) is 6.37. The van der Waals surface area contributed by atoms with Crippen LogP contribution in [0.15, 0.2) is 54.6 Å². The molecule has 2 unspecified atom stereocenters. The molecule has 0 aliphatic carbocycles. The fraction of sp³-hybridized carbons (Fsp3) is 0.250. The van der Waals surface area contributed by atoms with Gasteiger partial charge in [0.25, 0.3) is 0 Å². The summed E-state index contributed by atoms with van der Waals surface area (Å²) in [5.41, 5.74) is 1.26. The largest absolute Gasteiger partial charge is 0.387 e. The number of benzene rings is 2. The molecule has 0 saturated heterocycles. The highest BCUT2D eigenvalue weighted by molar-refractivity contribution is 6.31. The van der Waals surface area contributed by atoms with Crippen LogP contribution in [0.5, 0.6) is 0 Å². The Labute approximate surface area is 123 Å². The zero-order chi connectivity index (χ0) is 14.6. The first-order valence-electron chi connectivity index (χ1n) is 6.37. The number of hydrogen-bond donors (Lipinski definition) is 2. The van der Waals surface area contributed by atoms with Gasteiger partial charge in [-0.05, 0) is 18.6 Å². The van der Waals surface area contributed by atoms with Crippen molar-refractivity contribution >= 4 is 11.6 Å². The maximum atomic E-state index is 10.6. The maximum Gasteiger partial charge on any atom is 0.220 e. The monoisotopic (exact) mass is 292 g/mol. The van der Waals surface area contributed by atoms with Crippen LogP contribution < -0.4 is 0 Å². The minimum absolute atomic E-state index is 0.174. The molecule has 0 aliphatic rings. The molecule has 0 amide bonds. The van der Waals surface area contributed by atoms with Crippen molar-refractivity contribution in [3.8, 4) is 0 Å². The lowest BCUT2D eigenvalue weighted by molar-refractivity contribution is -0.268.